The normalized spacial score (nSPS) is 21.1. The van der Waals surface area contributed by atoms with Crippen LogP contribution in [0.2, 0.25) is 0 Å². The van der Waals surface area contributed by atoms with E-state index in [9.17, 15) is 32.4 Å². The maximum Gasteiger partial charge on any atom is 0.330 e. The van der Waals surface area contributed by atoms with Crippen LogP contribution in [0.1, 0.15) is 57.1 Å². The van der Waals surface area contributed by atoms with Gasteiger partial charge in [0.15, 0.2) is 4.90 Å². The zero-order valence-electron chi connectivity index (χ0n) is 25.8. The van der Waals surface area contributed by atoms with Crippen LogP contribution >= 0.6 is 0 Å². The van der Waals surface area contributed by atoms with E-state index < -0.39 is 43.5 Å². The number of carbonyl (C=O) groups is 3. The predicted octanol–water partition coefficient (Wildman–Crippen LogP) is 0.207. The Labute approximate surface area is 257 Å². The van der Waals surface area contributed by atoms with Crippen molar-refractivity contribution < 1.29 is 22.8 Å². The van der Waals surface area contributed by atoms with E-state index in [1.807, 2.05) is 32.0 Å². The molecule has 2 aliphatic rings. The fourth-order valence-corrected chi connectivity index (χ4v) is 7.49. The van der Waals surface area contributed by atoms with Gasteiger partial charge in [0.05, 0.1) is 6.54 Å². The number of amides is 3. The molecule has 0 bridgehead atoms. The molecule has 2 aromatic rings. The maximum absolute atomic E-state index is 14.0. The largest absolute Gasteiger partial charge is 0.352 e. The molecule has 1 saturated heterocycles. The summed E-state index contributed by atoms with van der Waals surface area (Å²) in [6.45, 7) is 3.69. The third kappa shape index (κ3) is 6.80. The summed E-state index contributed by atoms with van der Waals surface area (Å²) < 4.78 is 30.4. The summed E-state index contributed by atoms with van der Waals surface area (Å²) in [4.78, 5) is 66.8. The first kappa shape index (κ1) is 33.1. The van der Waals surface area contributed by atoms with Gasteiger partial charge >= 0.3 is 5.69 Å². The summed E-state index contributed by atoms with van der Waals surface area (Å²) in [5.74, 6) is -0.964. The van der Waals surface area contributed by atoms with E-state index in [2.05, 4.69) is 10.6 Å². The van der Waals surface area contributed by atoms with Crippen molar-refractivity contribution in [3.05, 3.63) is 62.4 Å². The molecule has 3 amide bonds. The summed E-state index contributed by atoms with van der Waals surface area (Å²) >= 11 is 0. The lowest BCUT2D eigenvalue weighted by molar-refractivity contribution is -0.139. The fraction of sp³-hybridized carbons (Fsp3) is 0.567. The van der Waals surface area contributed by atoms with E-state index in [1.165, 1.54) is 19.0 Å². The van der Waals surface area contributed by atoms with Crippen LogP contribution in [-0.4, -0.2) is 77.2 Å². The number of fused-ring (bicyclic) bond motifs is 2. The van der Waals surface area contributed by atoms with Gasteiger partial charge in [-0.05, 0) is 49.1 Å². The summed E-state index contributed by atoms with van der Waals surface area (Å²) in [5, 5.41) is 5.81. The topological polar surface area (TPSA) is 160 Å². The molecule has 1 aliphatic carbocycles. The third-order valence-electron chi connectivity index (χ3n) is 8.36. The molecule has 4 rings (SSSR count). The van der Waals surface area contributed by atoms with Gasteiger partial charge in [0.2, 0.25) is 27.7 Å². The molecule has 240 valence electrons. The fourth-order valence-electron chi connectivity index (χ4n) is 5.87. The summed E-state index contributed by atoms with van der Waals surface area (Å²) in [6, 6.07) is 7.41. The van der Waals surface area contributed by atoms with E-state index >= 15 is 0 Å². The van der Waals surface area contributed by atoms with Crippen molar-refractivity contribution in [1.82, 2.24) is 29.0 Å². The average molecular weight is 631 g/mol. The summed E-state index contributed by atoms with van der Waals surface area (Å²) in [5.41, 5.74) is -1.44. The number of hydrogen-bond acceptors (Lipinski definition) is 7. The maximum atomic E-state index is 14.0. The predicted molar refractivity (Wildman–Crippen MR) is 163 cm³/mol. The second kappa shape index (κ2) is 13.5. The van der Waals surface area contributed by atoms with Crippen LogP contribution in [-0.2, 0) is 50.5 Å². The highest BCUT2D eigenvalue weighted by molar-refractivity contribution is 7.89. The number of hydrogen-bond donors (Lipinski definition) is 2. The Kier molecular flexibility index (Phi) is 10.1. The first-order valence-corrected chi connectivity index (χ1v) is 16.4. The van der Waals surface area contributed by atoms with Crippen LogP contribution < -0.4 is 21.9 Å². The number of sulfonamides is 1. The molecule has 2 N–H and O–H groups in total. The highest BCUT2D eigenvalue weighted by Crippen LogP contribution is 2.36. The molecular weight excluding hydrogens is 588 g/mol. The van der Waals surface area contributed by atoms with Gasteiger partial charge in [-0.1, -0.05) is 38.1 Å². The van der Waals surface area contributed by atoms with Gasteiger partial charge in [0.1, 0.15) is 5.54 Å². The van der Waals surface area contributed by atoms with Crippen LogP contribution in [0.3, 0.4) is 0 Å². The minimum Gasteiger partial charge on any atom is -0.352 e. The lowest BCUT2D eigenvalue weighted by Crippen LogP contribution is -2.60. The molecular formula is C30H42N6O7S. The average Bonchev–Trinajstić information content (AvgIpc) is 2.98. The van der Waals surface area contributed by atoms with Crippen molar-refractivity contribution in [2.45, 2.75) is 62.8 Å². The van der Waals surface area contributed by atoms with Crippen LogP contribution in [0.15, 0.2) is 44.9 Å². The number of rotatable bonds is 5. The molecule has 1 aliphatic heterocycles. The number of benzene rings is 1. The third-order valence-corrected chi connectivity index (χ3v) is 10.2. The van der Waals surface area contributed by atoms with E-state index in [1.54, 1.807) is 6.07 Å². The zero-order chi connectivity index (χ0) is 32.2. The molecule has 1 fully saturated rings. The van der Waals surface area contributed by atoms with Crippen LogP contribution in [0, 0.1) is 5.92 Å². The van der Waals surface area contributed by atoms with Gasteiger partial charge in [-0.15, -0.1) is 0 Å². The molecule has 1 spiro atoms. The molecule has 44 heavy (non-hydrogen) atoms. The molecule has 13 nitrogen and oxygen atoms in total. The Hall–Kier alpha value is -3.78. The van der Waals surface area contributed by atoms with E-state index in [-0.39, 0.29) is 50.8 Å². The smallest absolute Gasteiger partial charge is 0.330 e. The molecule has 1 atom stereocenters. The van der Waals surface area contributed by atoms with Crippen molar-refractivity contribution in [2.75, 3.05) is 32.7 Å². The number of nitrogens with one attached hydrogen (secondary N) is 2. The molecule has 1 aromatic carbocycles. The molecule has 1 unspecified atom stereocenters. The van der Waals surface area contributed by atoms with Gasteiger partial charge in [-0.3, -0.25) is 23.7 Å². The summed E-state index contributed by atoms with van der Waals surface area (Å²) in [6.07, 6.45) is 3.45. The van der Waals surface area contributed by atoms with Gasteiger partial charge in [0.25, 0.3) is 5.56 Å². The Balaban J connectivity index is 1.73. The SMILES string of the molecule is CC(C)CCN1CC(=O)NC2(CCCc3ccccc32)C(=O)NCCN(S(=O)(=O)c2cn(C)c(=O)n(C)c2=O)CCCC1=O. The molecule has 0 radical (unpaired) electrons. The molecule has 0 saturated carbocycles. The quantitative estimate of drug-likeness (QED) is 0.478. The van der Waals surface area contributed by atoms with Crippen molar-refractivity contribution >= 4 is 27.7 Å². The zero-order valence-corrected chi connectivity index (χ0v) is 26.6. The first-order valence-electron chi connectivity index (χ1n) is 15.0. The monoisotopic (exact) mass is 630 g/mol. The second-order valence-electron chi connectivity index (χ2n) is 12.0. The lowest BCUT2D eigenvalue weighted by atomic mass is 9.75. The van der Waals surface area contributed by atoms with Crippen molar-refractivity contribution in [3.63, 3.8) is 0 Å². The minimum atomic E-state index is -4.43. The Morgan fingerprint density at radius 3 is 2.43 bits per heavy atom. The number of aromatic nitrogens is 2. The second-order valence-corrected chi connectivity index (χ2v) is 13.9. The van der Waals surface area contributed by atoms with Gasteiger partial charge in [-0.2, -0.15) is 4.31 Å². The van der Waals surface area contributed by atoms with Crippen molar-refractivity contribution in [2.24, 2.45) is 20.0 Å². The Bertz CT molecular complexity index is 1650. The number of nitrogens with zero attached hydrogens (tertiary/aromatic N) is 4. The summed E-state index contributed by atoms with van der Waals surface area (Å²) in [7, 11) is -1.87. The minimum absolute atomic E-state index is 0.0248. The van der Waals surface area contributed by atoms with Gasteiger partial charge in [-0.25, -0.2) is 13.2 Å². The highest BCUT2D eigenvalue weighted by atomic mass is 32.2. The first-order chi connectivity index (χ1) is 20.8. The van der Waals surface area contributed by atoms with Crippen molar-refractivity contribution in [3.8, 4) is 0 Å². The van der Waals surface area contributed by atoms with Crippen LogP contribution in [0.5, 0.6) is 0 Å². The van der Waals surface area contributed by atoms with Gasteiger partial charge < -0.3 is 20.1 Å². The Morgan fingerprint density at radius 1 is 0.977 bits per heavy atom. The van der Waals surface area contributed by atoms with E-state index in [0.29, 0.717) is 31.4 Å². The highest BCUT2D eigenvalue weighted by Gasteiger charge is 2.45. The number of aryl methyl sites for hydroxylation is 2. The van der Waals surface area contributed by atoms with Crippen LogP contribution in [0.4, 0.5) is 0 Å². The molecule has 2 heterocycles. The van der Waals surface area contributed by atoms with Gasteiger partial charge in [0, 0.05) is 52.9 Å². The molecule has 14 heteroatoms. The number of carbonyl (C=O) groups excluding carboxylic acids is 3. The Morgan fingerprint density at radius 2 is 1.70 bits per heavy atom. The molecule has 1 aromatic heterocycles. The van der Waals surface area contributed by atoms with E-state index in [0.717, 1.165) is 31.6 Å². The van der Waals surface area contributed by atoms with Crippen LogP contribution in [0.25, 0.3) is 0 Å². The lowest BCUT2D eigenvalue weighted by Gasteiger charge is -2.39. The standard InChI is InChI=1S/C30H42N6O7S/c1-21(2)13-17-35-20-25(37)32-30(14-7-10-22-9-5-6-11-23(22)30)28(40)31-15-18-36(16-8-12-26(35)38)44(42,43)24-19-33(3)29(41)34(4)27(24)39/h5-6,9,11,19,21H,7-8,10,12-18,20H2,1-4H3,(H,31,40)(H,32,37). The van der Waals surface area contributed by atoms with Crippen molar-refractivity contribution in [1.29, 1.82) is 0 Å². The van der Waals surface area contributed by atoms with E-state index in [4.69, 9.17) is 0 Å².